The van der Waals surface area contributed by atoms with Crippen molar-refractivity contribution >= 4 is 5.69 Å². The zero-order valence-electron chi connectivity index (χ0n) is 12.8. The summed E-state index contributed by atoms with van der Waals surface area (Å²) >= 11 is 0. The van der Waals surface area contributed by atoms with E-state index in [4.69, 9.17) is 14.2 Å². The molecular weight excluding hydrogens is 242 g/mol. The molecule has 1 N–H and O–H groups in total. The van der Waals surface area contributed by atoms with Gasteiger partial charge < -0.3 is 19.5 Å². The molecule has 0 aromatic heterocycles. The Labute approximate surface area is 116 Å². The highest BCUT2D eigenvalue weighted by Crippen LogP contribution is 2.40. The quantitative estimate of drug-likeness (QED) is 0.817. The molecule has 0 atom stereocenters. The summed E-state index contributed by atoms with van der Waals surface area (Å²) in [5.41, 5.74) is 0.993. The molecule has 0 aliphatic heterocycles. The molecule has 0 aliphatic carbocycles. The molecule has 4 heteroatoms. The van der Waals surface area contributed by atoms with E-state index >= 15 is 0 Å². The van der Waals surface area contributed by atoms with Crippen molar-refractivity contribution in [2.24, 2.45) is 0 Å². The highest BCUT2D eigenvalue weighted by atomic mass is 16.5. The summed E-state index contributed by atoms with van der Waals surface area (Å²) in [6.45, 7) is 6.54. The minimum atomic E-state index is 0.0271. The SMILES string of the molecule is CCCC(C)(C)Nc1cc(OC)c(OC)c(OC)c1. The number of benzene rings is 1. The number of hydrogen-bond acceptors (Lipinski definition) is 4. The number of hydrogen-bond donors (Lipinski definition) is 1. The van der Waals surface area contributed by atoms with E-state index in [1.165, 1.54) is 0 Å². The molecule has 0 bridgehead atoms. The molecule has 1 rings (SSSR count). The Morgan fingerprint density at radius 1 is 1.00 bits per heavy atom. The zero-order chi connectivity index (χ0) is 14.5. The third-order valence-corrected chi connectivity index (χ3v) is 3.02. The summed E-state index contributed by atoms with van der Waals surface area (Å²) in [7, 11) is 4.85. The van der Waals surface area contributed by atoms with Crippen LogP contribution in [0.15, 0.2) is 12.1 Å². The van der Waals surface area contributed by atoms with Gasteiger partial charge in [0.15, 0.2) is 11.5 Å². The van der Waals surface area contributed by atoms with E-state index in [0.29, 0.717) is 17.2 Å². The van der Waals surface area contributed by atoms with Gasteiger partial charge in [0.1, 0.15) is 0 Å². The Balaban J connectivity index is 3.09. The lowest BCUT2D eigenvalue weighted by Gasteiger charge is -2.28. The fraction of sp³-hybridized carbons (Fsp3) is 0.600. The molecule has 0 unspecified atom stereocenters. The molecule has 0 radical (unpaired) electrons. The second-order valence-corrected chi connectivity index (χ2v) is 5.17. The maximum absolute atomic E-state index is 5.35. The summed E-state index contributed by atoms with van der Waals surface area (Å²) < 4.78 is 16.0. The minimum absolute atomic E-state index is 0.0271. The van der Waals surface area contributed by atoms with E-state index in [1.54, 1.807) is 21.3 Å². The molecule has 1 aromatic rings. The van der Waals surface area contributed by atoms with Crippen LogP contribution in [0, 0.1) is 0 Å². The summed E-state index contributed by atoms with van der Waals surface area (Å²) in [6, 6.07) is 3.86. The third-order valence-electron chi connectivity index (χ3n) is 3.02. The smallest absolute Gasteiger partial charge is 0.203 e. The van der Waals surface area contributed by atoms with Crippen LogP contribution in [-0.4, -0.2) is 26.9 Å². The van der Waals surface area contributed by atoms with Crippen LogP contribution in [0.1, 0.15) is 33.6 Å². The maximum atomic E-state index is 5.35. The number of methoxy groups -OCH3 is 3. The van der Waals surface area contributed by atoms with Gasteiger partial charge in [-0.1, -0.05) is 13.3 Å². The maximum Gasteiger partial charge on any atom is 0.203 e. The van der Waals surface area contributed by atoms with Crippen LogP contribution >= 0.6 is 0 Å². The van der Waals surface area contributed by atoms with Crippen LogP contribution < -0.4 is 19.5 Å². The first kappa shape index (κ1) is 15.5. The predicted octanol–water partition coefficient (Wildman–Crippen LogP) is 3.70. The molecule has 0 amide bonds. The van der Waals surface area contributed by atoms with Crippen molar-refractivity contribution in [1.82, 2.24) is 0 Å². The highest BCUT2D eigenvalue weighted by molar-refractivity contribution is 5.63. The Kier molecular flexibility index (Phi) is 5.33. The van der Waals surface area contributed by atoms with Crippen LogP contribution in [0.2, 0.25) is 0 Å². The van der Waals surface area contributed by atoms with Crippen molar-refractivity contribution in [2.45, 2.75) is 39.2 Å². The molecule has 1 aromatic carbocycles. The minimum Gasteiger partial charge on any atom is -0.493 e. The Morgan fingerprint density at radius 2 is 1.53 bits per heavy atom. The molecular formula is C15H25NO3. The van der Waals surface area contributed by atoms with Crippen LogP contribution in [0.4, 0.5) is 5.69 Å². The van der Waals surface area contributed by atoms with E-state index in [-0.39, 0.29) is 5.54 Å². The Morgan fingerprint density at radius 3 is 1.89 bits per heavy atom. The van der Waals surface area contributed by atoms with E-state index in [1.807, 2.05) is 12.1 Å². The van der Waals surface area contributed by atoms with Gasteiger partial charge in [-0.05, 0) is 20.3 Å². The standard InChI is InChI=1S/C15H25NO3/c1-7-8-15(2,3)16-11-9-12(17-4)14(19-6)13(10-11)18-5/h9-10,16H,7-8H2,1-6H3. The second-order valence-electron chi connectivity index (χ2n) is 5.17. The molecule has 0 saturated heterocycles. The Bertz CT molecular complexity index is 391. The fourth-order valence-electron chi connectivity index (χ4n) is 2.23. The first-order chi connectivity index (χ1) is 8.97. The molecule has 0 saturated carbocycles. The van der Waals surface area contributed by atoms with Gasteiger partial charge in [0, 0.05) is 23.4 Å². The summed E-state index contributed by atoms with van der Waals surface area (Å²) in [5.74, 6) is 1.94. The van der Waals surface area contributed by atoms with Crippen LogP contribution in [-0.2, 0) is 0 Å². The van der Waals surface area contributed by atoms with Crippen molar-refractivity contribution in [3.05, 3.63) is 12.1 Å². The number of nitrogens with one attached hydrogen (secondary N) is 1. The molecule has 0 fully saturated rings. The third kappa shape index (κ3) is 3.94. The van der Waals surface area contributed by atoms with E-state index in [9.17, 15) is 0 Å². The zero-order valence-corrected chi connectivity index (χ0v) is 12.8. The summed E-state index contributed by atoms with van der Waals surface area (Å²) in [6.07, 6.45) is 2.22. The molecule has 19 heavy (non-hydrogen) atoms. The van der Waals surface area contributed by atoms with Gasteiger partial charge in [0.25, 0.3) is 0 Å². The van der Waals surface area contributed by atoms with E-state index < -0.39 is 0 Å². The lowest BCUT2D eigenvalue weighted by Crippen LogP contribution is -2.30. The monoisotopic (exact) mass is 267 g/mol. The molecule has 4 nitrogen and oxygen atoms in total. The first-order valence-corrected chi connectivity index (χ1v) is 6.55. The summed E-state index contributed by atoms with van der Waals surface area (Å²) in [4.78, 5) is 0. The van der Waals surface area contributed by atoms with Gasteiger partial charge in [-0.25, -0.2) is 0 Å². The normalized spacial score (nSPS) is 11.1. The largest absolute Gasteiger partial charge is 0.493 e. The predicted molar refractivity (Wildman–Crippen MR) is 78.7 cm³/mol. The second kappa shape index (κ2) is 6.55. The van der Waals surface area contributed by atoms with Gasteiger partial charge >= 0.3 is 0 Å². The lowest BCUT2D eigenvalue weighted by molar-refractivity contribution is 0.324. The Hall–Kier alpha value is -1.58. The van der Waals surface area contributed by atoms with Gasteiger partial charge in [-0.15, -0.1) is 0 Å². The first-order valence-electron chi connectivity index (χ1n) is 6.55. The molecule has 108 valence electrons. The van der Waals surface area contributed by atoms with Gasteiger partial charge in [0.2, 0.25) is 5.75 Å². The van der Waals surface area contributed by atoms with Crippen molar-refractivity contribution in [1.29, 1.82) is 0 Å². The number of rotatable bonds is 7. The van der Waals surface area contributed by atoms with Crippen molar-refractivity contribution in [3.63, 3.8) is 0 Å². The number of ether oxygens (including phenoxy) is 3. The van der Waals surface area contributed by atoms with Crippen LogP contribution in [0.5, 0.6) is 17.2 Å². The van der Waals surface area contributed by atoms with E-state index in [2.05, 4.69) is 26.1 Å². The average Bonchev–Trinajstić information content (AvgIpc) is 2.36. The molecule has 0 heterocycles. The van der Waals surface area contributed by atoms with Crippen molar-refractivity contribution in [3.8, 4) is 17.2 Å². The molecule has 0 aliphatic rings. The number of anilines is 1. The average molecular weight is 267 g/mol. The van der Waals surface area contributed by atoms with Gasteiger partial charge in [0.05, 0.1) is 21.3 Å². The topological polar surface area (TPSA) is 39.7 Å². The highest BCUT2D eigenvalue weighted by Gasteiger charge is 2.19. The molecule has 0 spiro atoms. The van der Waals surface area contributed by atoms with Crippen LogP contribution in [0.3, 0.4) is 0 Å². The van der Waals surface area contributed by atoms with Crippen molar-refractivity contribution in [2.75, 3.05) is 26.6 Å². The van der Waals surface area contributed by atoms with E-state index in [0.717, 1.165) is 18.5 Å². The van der Waals surface area contributed by atoms with Crippen LogP contribution in [0.25, 0.3) is 0 Å². The lowest BCUT2D eigenvalue weighted by atomic mass is 9.98. The fourth-order valence-corrected chi connectivity index (χ4v) is 2.23. The summed E-state index contributed by atoms with van der Waals surface area (Å²) in [5, 5.41) is 3.50. The van der Waals surface area contributed by atoms with Gasteiger partial charge in [-0.3, -0.25) is 0 Å². The van der Waals surface area contributed by atoms with Gasteiger partial charge in [-0.2, -0.15) is 0 Å². The van der Waals surface area contributed by atoms with Crippen molar-refractivity contribution < 1.29 is 14.2 Å².